The number of halogens is 1. The highest BCUT2D eigenvalue weighted by molar-refractivity contribution is 6.37. The van der Waals surface area contributed by atoms with Crippen molar-refractivity contribution in [2.75, 3.05) is 31.6 Å². The third-order valence-corrected chi connectivity index (χ3v) is 4.31. The summed E-state index contributed by atoms with van der Waals surface area (Å²) < 4.78 is 5.14. The van der Waals surface area contributed by atoms with Crippen LogP contribution in [0.3, 0.4) is 0 Å². The third-order valence-electron chi connectivity index (χ3n) is 3.83. The third kappa shape index (κ3) is 2.76. The van der Waals surface area contributed by atoms with E-state index in [4.69, 9.17) is 16.3 Å². The second-order valence-corrected chi connectivity index (χ2v) is 5.33. The number of benzene rings is 1. The van der Waals surface area contributed by atoms with E-state index in [-0.39, 0.29) is 11.9 Å². The van der Waals surface area contributed by atoms with Crippen LogP contribution in [0.15, 0.2) is 24.3 Å². The van der Waals surface area contributed by atoms with E-state index in [2.05, 4.69) is 18.7 Å². The summed E-state index contributed by atoms with van der Waals surface area (Å²) in [6.07, 6.45) is 0. The van der Waals surface area contributed by atoms with Gasteiger partial charge in [-0.3, -0.25) is 4.79 Å². The van der Waals surface area contributed by atoms with Crippen LogP contribution in [-0.4, -0.2) is 49.0 Å². The summed E-state index contributed by atoms with van der Waals surface area (Å²) in [5.74, 6) is 0.762. The van der Waals surface area contributed by atoms with E-state index in [1.807, 2.05) is 24.3 Å². The van der Waals surface area contributed by atoms with E-state index < -0.39 is 5.38 Å². The van der Waals surface area contributed by atoms with Crippen molar-refractivity contribution in [2.45, 2.75) is 25.3 Å². The maximum atomic E-state index is 12.0. The predicted molar refractivity (Wildman–Crippen MR) is 81.7 cm³/mol. The van der Waals surface area contributed by atoms with E-state index in [1.54, 1.807) is 12.0 Å². The van der Waals surface area contributed by atoms with Crippen LogP contribution in [0, 0.1) is 0 Å². The van der Waals surface area contributed by atoms with Gasteiger partial charge in [0.1, 0.15) is 11.1 Å². The number of alkyl halides is 1. The molecule has 1 fully saturated rings. The van der Waals surface area contributed by atoms with Crippen molar-refractivity contribution in [1.29, 1.82) is 0 Å². The lowest BCUT2D eigenvalue weighted by molar-refractivity contribution is -0.123. The number of hydrogen-bond donors (Lipinski definition) is 0. The Morgan fingerprint density at radius 3 is 2.35 bits per heavy atom. The number of carbonyl (C=O) groups is 1. The van der Waals surface area contributed by atoms with Crippen LogP contribution < -0.4 is 9.64 Å². The molecule has 1 amide bonds. The van der Waals surface area contributed by atoms with Gasteiger partial charge in [0.05, 0.1) is 13.2 Å². The summed E-state index contributed by atoms with van der Waals surface area (Å²) in [5, 5.41) is -0.419. The molecular weight excluding hydrogens is 276 g/mol. The molecule has 0 unspecified atom stereocenters. The maximum absolute atomic E-state index is 12.0. The number of methoxy groups -OCH3 is 1. The molecule has 1 aromatic rings. The average molecular weight is 297 g/mol. The van der Waals surface area contributed by atoms with Gasteiger partial charge in [-0.1, -0.05) is 13.8 Å². The molecule has 0 radical (unpaired) electrons. The number of anilines is 1. The largest absolute Gasteiger partial charge is 0.497 e. The molecule has 1 aromatic carbocycles. The molecule has 0 aliphatic carbocycles. The van der Waals surface area contributed by atoms with E-state index in [0.29, 0.717) is 0 Å². The highest BCUT2D eigenvalue weighted by atomic mass is 35.5. The van der Waals surface area contributed by atoms with E-state index >= 15 is 0 Å². The molecule has 0 aromatic heterocycles. The normalized spacial score (nSPS) is 22.1. The van der Waals surface area contributed by atoms with Crippen molar-refractivity contribution in [3.05, 3.63) is 24.3 Å². The summed E-state index contributed by atoms with van der Waals surface area (Å²) in [4.78, 5) is 16.1. The van der Waals surface area contributed by atoms with Crippen molar-refractivity contribution < 1.29 is 9.53 Å². The quantitative estimate of drug-likeness (QED) is 0.597. The second-order valence-electron chi connectivity index (χ2n) is 4.86. The molecule has 20 heavy (non-hydrogen) atoms. The predicted octanol–water partition coefficient (Wildman–Crippen LogP) is 2.36. The van der Waals surface area contributed by atoms with Crippen molar-refractivity contribution in [2.24, 2.45) is 0 Å². The van der Waals surface area contributed by atoms with Gasteiger partial charge in [-0.05, 0) is 37.4 Å². The number of amides is 1. The van der Waals surface area contributed by atoms with Gasteiger partial charge in [0.15, 0.2) is 0 Å². The monoisotopic (exact) mass is 296 g/mol. The van der Waals surface area contributed by atoms with E-state index in [0.717, 1.165) is 31.1 Å². The number of carbonyl (C=O) groups excluding carboxylic acids is 1. The van der Waals surface area contributed by atoms with Gasteiger partial charge in [0.2, 0.25) is 5.91 Å². The first-order chi connectivity index (χ1) is 9.62. The first-order valence-electron chi connectivity index (χ1n) is 6.95. The highest BCUT2D eigenvalue weighted by Crippen LogP contribution is 2.33. The Kier molecular flexibility index (Phi) is 4.89. The Bertz CT molecular complexity index is 459. The molecule has 0 N–H and O–H groups in total. The van der Waals surface area contributed by atoms with Crippen LogP contribution in [-0.2, 0) is 4.79 Å². The van der Waals surface area contributed by atoms with Crippen molar-refractivity contribution in [1.82, 2.24) is 4.90 Å². The lowest BCUT2D eigenvalue weighted by Gasteiger charge is -2.46. The van der Waals surface area contributed by atoms with Crippen molar-refractivity contribution in [3.8, 4) is 5.75 Å². The van der Waals surface area contributed by atoms with Crippen LogP contribution in [0.25, 0.3) is 0 Å². The molecule has 0 bridgehead atoms. The van der Waals surface area contributed by atoms with Gasteiger partial charge in [-0.15, -0.1) is 11.6 Å². The smallest absolute Gasteiger partial charge is 0.247 e. The van der Waals surface area contributed by atoms with Crippen LogP contribution in [0.1, 0.15) is 13.8 Å². The zero-order valence-corrected chi connectivity index (χ0v) is 12.9. The van der Waals surface area contributed by atoms with Gasteiger partial charge in [0.25, 0.3) is 0 Å². The molecule has 2 rings (SSSR count). The van der Waals surface area contributed by atoms with Gasteiger partial charge < -0.3 is 14.5 Å². The minimum Gasteiger partial charge on any atom is -0.497 e. The lowest BCUT2D eigenvalue weighted by Crippen LogP contribution is -2.66. The Morgan fingerprint density at radius 2 is 1.85 bits per heavy atom. The summed E-state index contributed by atoms with van der Waals surface area (Å²) >= 11 is 6.18. The zero-order valence-electron chi connectivity index (χ0n) is 12.2. The second kappa shape index (κ2) is 6.46. The average Bonchev–Trinajstić information content (AvgIpc) is 2.51. The minimum absolute atomic E-state index is 0.0195. The molecule has 2 atom stereocenters. The van der Waals surface area contributed by atoms with Gasteiger partial charge in [-0.2, -0.15) is 0 Å². The van der Waals surface area contributed by atoms with Crippen LogP contribution in [0.2, 0.25) is 0 Å². The van der Waals surface area contributed by atoms with Gasteiger partial charge in [-0.25, -0.2) is 0 Å². The molecular formula is C15H21ClN2O2. The van der Waals surface area contributed by atoms with Crippen LogP contribution in [0.5, 0.6) is 5.75 Å². The Hall–Kier alpha value is -1.26. The molecule has 1 heterocycles. The number of likely N-dealkylation sites (N-methyl/N-ethyl adjacent to an activating group) is 1. The van der Waals surface area contributed by atoms with E-state index in [1.165, 1.54) is 0 Å². The van der Waals surface area contributed by atoms with Crippen molar-refractivity contribution in [3.63, 3.8) is 0 Å². The topological polar surface area (TPSA) is 32.8 Å². The molecule has 0 spiro atoms. The SMILES string of the molecule is CCN(CC)C[C@H]1[C@@H](Cl)C(=O)N1c1ccc(OC)cc1. The molecule has 1 saturated heterocycles. The molecule has 1 aliphatic heterocycles. The fourth-order valence-corrected chi connectivity index (χ4v) is 2.79. The Balaban J connectivity index is 2.13. The first-order valence-corrected chi connectivity index (χ1v) is 7.39. The van der Waals surface area contributed by atoms with Gasteiger partial charge >= 0.3 is 0 Å². The number of nitrogens with zero attached hydrogens (tertiary/aromatic N) is 2. The summed E-state index contributed by atoms with van der Waals surface area (Å²) in [6.45, 7) is 6.96. The minimum atomic E-state index is -0.419. The Morgan fingerprint density at radius 1 is 1.25 bits per heavy atom. The number of ether oxygens (including phenoxy) is 1. The number of β-lactam (4-membered cyclic amide) rings is 1. The fourth-order valence-electron chi connectivity index (χ4n) is 2.49. The summed E-state index contributed by atoms with van der Waals surface area (Å²) in [5.41, 5.74) is 0.879. The lowest BCUT2D eigenvalue weighted by atomic mass is 9.99. The first kappa shape index (κ1) is 15.1. The number of hydrogen-bond acceptors (Lipinski definition) is 3. The molecule has 1 aliphatic rings. The van der Waals surface area contributed by atoms with Gasteiger partial charge in [0, 0.05) is 12.2 Å². The molecule has 0 saturated carbocycles. The van der Waals surface area contributed by atoms with Crippen molar-refractivity contribution >= 4 is 23.2 Å². The van der Waals surface area contributed by atoms with Crippen LogP contribution in [0.4, 0.5) is 5.69 Å². The molecule has 4 nitrogen and oxygen atoms in total. The maximum Gasteiger partial charge on any atom is 0.247 e. The summed E-state index contributed by atoms with van der Waals surface area (Å²) in [7, 11) is 1.63. The molecule has 110 valence electrons. The fraction of sp³-hybridized carbons (Fsp3) is 0.533. The zero-order chi connectivity index (χ0) is 14.7. The Labute approximate surface area is 125 Å². The van der Waals surface area contributed by atoms with Crippen LogP contribution >= 0.6 is 11.6 Å². The summed E-state index contributed by atoms with van der Waals surface area (Å²) in [6, 6.07) is 7.55. The molecule has 5 heteroatoms. The van der Waals surface area contributed by atoms with E-state index in [9.17, 15) is 4.79 Å². The number of rotatable bonds is 6. The highest BCUT2D eigenvalue weighted by Gasteiger charge is 2.47. The standard InChI is InChI=1S/C15H21ClN2O2/c1-4-17(5-2)10-13-14(16)15(19)18(13)11-6-8-12(20-3)9-7-11/h6-9,13-14H,4-5,10H2,1-3H3/t13-,14+/m0/s1.